The van der Waals surface area contributed by atoms with E-state index in [0.29, 0.717) is 0 Å². The quantitative estimate of drug-likeness (QED) is 0.479. The zero-order valence-corrected chi connectivity index (χ0v) is 12.6. The fraction of sp³-hybridized carbons (Fsp3) is 0.667. The van der Waals surface area contributed by atoms with E-state index in [2.05, 4.69) is 39.0 Å². The van der Waals surface area contributed by atoms with Crippen molar-refractivity contribution in [2.24, 2.45) is 0 Å². The van der Waals surface area contributed by atoms with Crippen LogP contribution in [0.15, 0.2) is 18.2 Å². The predicted octanol–water partition coefficient (Wildman–Crippen LogP) is 5.85. The van der Waals surface area contributed by atoms with Crippen molar-refractivity contribution in [3.63, 3.8) is 0 Å². The van der Waals surface area contributed by atoms with E-state index in [9.17, 15) is 0 Å². The summed E-state index contributed by atoms with van der Waals surface area (Å²) in [7, 11) is 0. The number of aryl methyl sites for hydroxylation is 3. The van der Waals surface area contributed by atoms with Gasteiger partial charge >= 0.3 is 0 Å². The molecule has 0 aliphatic heterocycles. The van der Waals surface area contributed by atoms with Gasteiger partial charge in [0.25, 0.3) is 0 Å². The largest absolute Gasteiger partial charge is 0.0654 e. The Hall–Kier alpha value is -0.780. The highest BCUT2D eigenvalue weighted by Crippen LogP contribution is 2.16. The third kappa shape index (κ3) is 5.71. The van der Waals surface area contributed by atoms with E-state index in [1.54, 1.807) is 11.1 Å². The first-order valence-corrected chi connectivity index (χ1v) is 7.86. The molecule has 0 aliphatic carbocycles. The Morgan fingerprint density at radius 1 is 0.778 bits per heavy atom. The molecule has 0 atom stereocenters. The van der Waals surface area contributed by atoms with Crippen molar-refractivity contribution in [1.29, 1.82) is 0 Å². The van der Waals surface area contributed by atoms with Gasteiger partial charge in [0.05, 0.1) is 0 Å². The topological polar surface area (TPSA) is 0 Å². The molecule has 0 radical (unpaired) electrons. The monoisotopic (exact) mass is 246 g/mol. The molecule has 1 aromatic rings. The lowest BCUT2D eigenvalue weighted by Gasteiger charge is -2.08. The van der Waals surface area contributed by atoms with Gasteiger partial charge in [0.15, 0.2) is 0 Å². The van der Waals surface area contributed by atoms with Gasteiger partial charge in [-0.1, -0.05) is 64.2 Å². The van der Waals surface area contributed by atoms with Crippen LogP contribution in [0.4, 0.5) is 0 Å². The molecule has 0 spiro atoms. The number of hydrogen-bond acceptors (Lipinski definition) is 0. The van der Waals surface area contributed by atoms with Crippen LogP contribution in [0.3, 0.4) is 0 Å². The lowest BCUT2D eigenvalue weighted by molar-refractivity contribution is 0.632. The van der Waals surface area contributed by atoms with Crippen LogP contribution in [0.25, 0.3) is 0 Å². The molecule has 0 heterocycles. The molecule has 0 fully saturated rings. The molecule has 18 heavy (non-hydrogen) atoms. The van der Waals surface area contributed by atoms with Gasteiger partial charge in [-0.05, 0) is 49.3 Å². The number of benzene rings is 1. The van der Waals surface area contributed by atoms with E-state index in [0.717, 1.165) is 0 Å². The zero-order valence-electron chi connectivity index (χ0n) is 12.6. The zero-order chi connectivity index (χ0) is 13.2. The Kier molecular flexibility index (Phi) is 7.80. The van der Waals surface area contributed by atoms with Gasteiger partial charge < -0.3 is 0 Å². The number of unbranched alkanes of at least 4 members (excludes halogenated alkanes) is 5. The first kappa shape index (κ1) is 15.3. The van der Waals surface area contributed by atoms with Crippen LogP contribution < -0.4 is 0 Å². The average molecular weight is 246 g/mol. The summed E-state index contributed by atoms with van der Waals surface area (Å²) in [5.41, 5.74) is 4.59. The maximum Gasteiger partial charge on any atom is -0.0276 e. The van der Waals surface area contributed by atoms with E-state index >= 15 is 0 Å². The van der Waals surface area contributed by atoms with Crippen molar-refractivity contribution in [3.05, 3.63) is 34.9 Å². The summed E-state index contributed by atoms with van der Waals surface area (Å²) in [5, 5.41) is 0. The summed E-state index contributed by atoms with van der Waals surface area (Å²) in [6.45, 7) is 6.79. The lowest BCUT2D eigenvalue weighted by atomic mass is 9.97. The predicted molar refractivity (Wildman–Crippen MR) is 82.3 cm³/mol. The Morgan fingerprint density at radius 3 is 2.22 bits per heavy atom. The normalized spacial score (nSPS) is 10.8. The molecule has 0 aliphatic rings. The smallest absolute Gasteiger partial charge is 0.0276 e. The second-order valence-electron chi connectivity index (χ2n) is 5.53. The van der Waals surface area contributed by atoms with Gasteiger partial charge in [-0.3, -0.25) is 0 Å². The Morgan fingerprint density at radius 2 is 1.50 bits per heavy atom. The molecule has 1 rings (SSSR count). The molecule has 0 heteroatoms. The molecule has 0 nitrogen and oxygen atoms in total. The molecule has 0 amide bonds. The highest BCUT2D eigenvalue weighted by atomic mass is 14.1. The van der Waals surface area contributed by atoms with Crippen molar-refractivity contribution >= 4 is 0 Å². The van der Waals surface area contributed by atoms with Crippen LogP contribution in [-0.2, 0) is 12.8 Å². The molecular weight excluding hydrogens is 216 g/mol. The fourth-order valence-electron chi connectivity index (χ4n) is 2.45. The van der Waals surface area contributed by atoms with E-state index in [-0.39, 0.29) is 0 Å². The lowest BCUT2D eigenvalue weighted by Crippen LogP contribution is -1.93. The number of rotatable bonds is 9. The summed E-state index contributed by atoms with van der Waals surface area (Å²) in [4.78, 5) is 0. The van der Waals surface area contributed by atoms with Crippen molar-refractivity contribution in [2.75, 3.05) is 0 Å². The molecule has 0 bridgehead atoms. The van der Waals surface area contributed by atoms with Gasteiger partial charge in [-0.2, -0.15) is 0 Å². The first-order chi connectivity index (χ1) is 8.77. The van der Waals surface area contributed by atoms with Crippen LogP contribution in [0, 0.1) is 6.92 Å². The Balaban J connectivity index is 2.40. The fourth-order valence-corrected chi connectivity index (χ4v) is 2.45. The van der Waals surface area contributed by atoms with Crippen molar-refractivity contribution in [1.82, 2.24) is 0 Å². The van der Waals surface area contributed by atoms with E-state index in [1.807, 2.05) is 0 Å². The molecule has 0 N–H and O–H groups in total. The molecule has 102 valence electrons. The minimum atomic E-state index is 1.26. The SMILES string of the molecule is CCCCCCCc1ccc(C)c(CCCC)c1. The van der Waals surface area contributed by atoms with E-state index < -0.39 is 0 Å². The Bertz CT molecular complexity index is 325. The van der Waals surface area contributed by atoms with Crippen LogP contribution >= 0.6 is 0 Å². The highest BCUT2D eigenvalue weighted by molar-refractivity contribution is 5.31. The third-order valence-electron chi connectivity index (χ3n) is 3.78. The molecular formula is C18H30. The summed E-state index contributed by atoms with van der Waals surface area (Å²) < 4.78 is 0. The van der Waals surface area contributed by atoms with E-state index in [4.69, 9.17) is 0 Å². The second kappa shape index (κ2) is 9.19. The molecule has 1 aromatic carbocycles. The molecule has 0 aromatic heterocycles. The maximum absolute atomic E-state index is 2.45. The maximum atomic E-state index is 2.45. The summed E-state index contributed by atoms with van der Waals surface area (Å²) in [5.74, 6) is 0. The van der Waals surface area contributed by atoms with E-state index in [1.165, 1.54) is 63.4 Å². The minimum Gasteiger partial charge on any atom is -0.0654 e. The van der Waals surface area contributed by atoms with Crippen LogP contribution in [0.2, 0.25) is 0 Å². The van der Waals surface area contributed by atoms with Gasteiger partial charge in [0.2, 0.25) is 0 Å². The van der Waals surface area contributed by atoms with Gasteiger partial charge in [0, 0.05) is 0 Å². The van der Waals surface area contributed by atoms with Crippen molar-refractivity contribution < 1.29 is 0 Å². The van der Waals surface area contributed by atoms with Crippen molar-refractivity contribution in [3.8, 4) is 0 Å². The molecule has 0 saturated heterocycles. The highest BCUT2D eigenvalue weighted by Gasteiger charge is 2.00. The molecule has 0 saturated carbocycles. The van der Waals surface area contributed by atoms with Crippen molar-refractivity contribution in [2.45, 2.75) is 78.6 Å². The first-order valence-electron chi connectivity index (χ1n) is 7.86. The minimum absolute atomic E-state index is 1.26. The van der Waals surface area contributed by atoms with Crippen LogP contribution in [0.5, 0.6) is 0 Å². The number of hydrogen-bond donors (Lipinski definition) is 0. The summed E-state index contributed by atoms with van der Waals surface area (Å²) >= 11 is 0. The Labute approximate surface area is 114 Å². The van der Waals surface area contributed by atoms with Gasteiger partial charge in [-0.25, -0.2) is 0 Å². The standard InChI is InChI=1S/C18H30/c1-4-6-8-9-10-11-17-14-13-16(3)18(15-17)12-7-5-2/h13-15H,4-12H2,1-3H3. The van der Waals surface area contributed by atoms with Crippen LogP contribution in [-0.4, -0.2) is 0 Å². The summed E-state index contributed by atoms with van der Waals surface area (Å²) in [6, 6.07) is 7.09. The van der Waals surface area contributed by atoms with Gasteiger partial charge in [0.1, 0.15) is 0 Å². The third-order valence-corrected chi connectivity index (χ3v) is 3.78. The van der Waals surface area contributed by atoms with Crippen LogP contribution in [0.1, 0.15) is 75.5 Å². The second-order valence-corrected chi connectivity index (χ2v) is 5.53. The molecule has 0 unspecified atom stereocenters. The summed E-state index contributed by atoms with van der Waals surface area (Å²) in [6.07, 6.45) is 12.0. The average Bonchev–Trinajstić information content (AvgIpc) is 2.39. The van der Waals surface area contributed by atoms with Gasteiger partial charge in [-0.15, -0.1) is 0 Å².